The number of aromatic carboxylic acids is 1. The minimum absolute atomic E-state index is 0.0507. The first kappa shape index (κ1) is 17.2. The van der Waals surface area contributed by atoms with Crippen molar-refractivity contribution in [2.75, 3.05) is 18.1 Å². The Hall–Kier alpha value is -1.89. The number of aryl methyl sites for hydroxylation is 2. The quantitative estimate of drug-likeness (QED) is 0.773. The van der Waals surface area contributed by atoms with Crippen LogP contribution in [0.5, 0.6) is 0 Å². The van der Waals surface area contributed by atoms with E-state index >= 15 is 0 Å². The maximum absolute atomic E-state index is 11.8. The van der Waals surface area contributed by atoms with Gasteiger partial charge in [-0.3, -0.25) is 4.21 Å². The largest absolute Gasteiger partial charge is 0.478 e. The van der Waals surface area contributed by atoms with Gasteiger partial charge in [-0.2, -0.15) is 0 Å². The lowest BCUT2D eigenvalue weighted by molar-refractivity contribution is 0.0698. The third-order valence-electron chi connectivity index (χ3n) is 3.07. The number of amides is 2. The van der Waals surface area contributed by atoms with E-state index < -0.39 is 22.8 Å². The molecule has 2 unspecified atom stereocenters. The highest BCUT2D eigenvalue weighted by Crippen LogP contribution is 2.22. The Balaban J connectivity index is 2.85. The summed E-state index contributed by atoms with van der Waals surface area (Å²) in [5.74, 6) is -1.10. The molecule has 0 saturated heterocycles. The third-order valence-corrected chi connectivity index (χ3v) is 4.37. The number of carboxylic acids is 1. The van der Waals surface area contributed by atoms with Crippen LogP contribution in [-0.4, -0.2) is 39.4 Å². The summed E-state index contributed by atoms with van der Waals surface area (Å²) in [6.07, 6.45) is 1.57. The van der Waals surface area contributed by atoms with E-state index in [4.69, 9.17) is 0 Å². The van der Waals surface area contributed by atoms with Gasteiger partial charge in [0.25, 0.3) is 0 Å². The highest BCUT2D eigenvalue weighted by Gasteiger charge is 2.16. The second-order valence-corrected chi connectivity index (χ2v) is 6.76. The van der Waals surface area contributed by atoms with Crippen molar-refractivity contribution in [1.82, 2.24) is 5.32 Å². The Labute approximate surface area is 126 Å². The van der Waals surface area contributed by atoms with Crippen LogP contribution in [0.1, 0.15) is 28.4 Å². The minimum atomic E-state index is -1.10. The number of anilines is 1. The average molecular weight is 312 g/mol. The lowest BCUT2D eigenvalue weighted by Gasteiger charge is -2.15. The summed E-state index contributed by atoms with van der Waals surface area (Å²) >= 11 is 0. The van der Waals surface area contributed by atoms with Crippen LogP contribution in [0, 0.1) is 13.8 Å². The Morgan fingerprint density at radius 1 is 1.33 bits per heavy atom. The number of carbonyl (C=O) groups excluding carboxylic acids is 1. The fraction of sp³-hybridized carbons (Fsp3) is 0.429. The Kier molecular flexibility index (Phi) is 5.90. The summed E-state index contributed by atoms with van der Waals surface area (Å²) in [7, 11) is -1.03. The van der Waals surface area contributed by atoms with E-state index in [0.29, 0.717) is 5.56 Å². The average Bonchev–Trinajstić information content (AvgIpc) is 2.38. The summed E-state index contributed by atoms with van der Waals surface area (Å²) < 4.78 is 11.2. The summed E-state index contributed by atoms with van der Waals surface area (Å²) in [4.78, 5) is 23.1. The van der Waals surface area contributed by atoms with Crippen LogP contribution in [0.4, 0.5) is 10.5 Å². The predicted molar refractivity (Wildman–Crippen MR) is 83.4 cm³/mol. The van der Waals surface area contributed by atoms with Gasteiger partial charge in [0.2, 0.25) is 0 Å². The normalized spacial score (nSPS) is 13.3. The van der Waals surface area contributed by atoms with Crippen LogP contribution in [-0.2, 0) is 10.8 Å². The van der Waals surface area contributed by atoms with Gasteiger partial charge >= 0.3 is 12.0 Å². The summed E-state index contributed by atoms with van der Waals surface area (Å²) in [6, 6.07) is 2.79. The van der Waals surface area contributed by atoms with Crippen LogP contribution < -0.4 is 10.6 Å². The molecule has 2 atom stereocenters. The molecule has 0 radical (unpaired) electrons. The molecule has 116 valence electrons. The van der Waals surface area contributed by atoms with Crippen molar-refractivity contribution in [1.29, 1.82) is 0 Å². The maximum Gasteiger partial charge on any atom is 0.337 e. The molecule has 0 aliphatic carbocycles. The van der Waals surface area contributed by atoms with Gasteiger partial charge in [-0.15, -0.1) is 0 Å². The Morgan fingerprint density at radius 2 is 1.95 bits per heavy atom. The zero-order chi connectivity index (χ0) is 16.2. The van der Waals surface area contributed by atoms with E-state index in [0.717, 1.165) is 5.56 Å². The van der Waals surface area contributed by atoms with Crippen LogP contribution in [0.25, 0.3) is 0 Å². The molecule has 0 saturated carbocycles. The van der Waals surface area contributed by atoms with Crippen molar-refractivity contribution in [3.63, 3.8) is 0 Å². The molecule has 7 heteroatoms. The number of rotatable bonds is 5. The number of urea groups is 1. The molecule has 1 rings (SSSR count). The molecule has 0 fully saturated rings. The molecule has 0 heterocycles. The first-order valence-corrected chi connectivity index (χ1v) is 8.06. The Morgan fingerprint density at radius 3 is 2.48 bits per heavy atom. The van der Waals surface area contributed by atoms with Crippen molar-refractivity contribution in [3.8, 4) is 0 Å². The number of hydrogen-bond acceptors (Lipinski definition) is 3. The molecule has 0 bridgehead atoms. The third kappa shape index (κ3) is 4.86. The van der Waals surface area contributed by atoms with E-state index in [2.05, 4.69) is 10.6 Å². The van der Waals surface area contributed by atoms with Gasteiger partial charge in [0, 0.05) is 28.9 Å². The number of carboxylic acid groups (broad SMARTS) is 1. The zero-order valence-corrected chi connectivity index (χ0v) is 13.3. The van der Waals surface area contributed by atoms with Crippen molar-refractivity contribution in [2.45, 2.75) is 26.0 Å². The highest BCUT2D eigenvalue weighted by atomic mass is 32.2. The predicted octanol–water partition coefficient (Wildman–Crippen LogP) is 1.89. The summed E-state index contributed by atoms with van der Waals surface area (Å²) in [6.45, 7) is 5.54. The fourth-order valence-corrected chi connectivity index (χ4v) is 2.13. The fourth-order valence-electron chi connectivity index (χ4n) is 1.81. The van der Waals surface area contributed by atoms with Crippen LogP contribution in [0.3, 0.4) is 0 Å². The molecule has 6 nitrogen and oxygen atoms in total. The maximum atomic E-state index is 11.8. The van der Waals surface area contributed by atoms with Crippen molar-refractivity contribution < 1.29 is 18.9 Å². The van der Waals surface area contributed by atoms with Crippen LogP contribution in [0.15, 0.2) is 12.1 Å². The molecule has 0 aromatic heterocycles. The molecule has 0 aliphatic rings. The lowest BCUT2D eigenvalue weighted by atomic mass is 10.0. The number of hydrogen-bond donors (Lipinski definition) is 3. The molecule has 2 amide bonds. The van der Waals surface area contributed by atoms with Crippen LogP contribution >= 0.6 is 0 Å². The summed E-state index contributed by atoms with van der Waals surface area (Å²) in [5.41, 5.74) is 1.81. The molecule has 1 aromatic carbocycles. The lowest BCUT2D eigenvalue weighted by Crippen LogP contribution is -2.36. The van der Waals surface area contributed by atoms with E-state index in [-0.39, 0.29) is 23.0 Å². The van der Waals surface area contributed by atoms with E-state index in [9.17, 15) is 18.9 Å². The van der Waals surface area contributed by atoms with Gasteiger partial charge in [0.05, 0.1) is 11.3 Å². The molecule has 3 N–H and O–H groups in total. The number of carbonyl (C=O) groups is 2. The second kappa shape index (κ2) is 7.21. The molecule has 0 spiro atoms. The first-order chi connectivity index (χ1) is 9.72. The minimum Gasteiger partial charge on any atom is -0.478 e. The SMILES string of the molecule is Cc1cc(C)c(NC(=O)NCC(C)S(C)=O)c(C(=O)O)c1. The first-order valence-electron chi connectivity index (χ1n) is 6.44. The summed E-state index contributed by atoms with van der Waals surface area (Å²) in [5, 5.41) is 14.2. The van der Waals surface area contributed by atoms with Gasteiger partial charge in [-0.1, -0.05) is 6.07 Å². The van der Waals surface area contributed by atoms with Crippen molar-refractivity contribution in [2.24, 2.45) is 0 Å². The molecular weight excluding hydrogens is 292 g/mol. The molecular formula is C14H20N2O4S. The topological polar surface area (TPSA) is 95.5 Å². The number of nitrogens with one attached hydrogen (secondary N) is 2. The number of benzene rings is 1. The van der Waals surface area contributed by atoms with Gasteiger partial charge in [0.1, 0.15) is 0 Å². The highest BCUT2D eigenvalue weighted by molar-refractivity contribution is 7.84. The van der Waals surface area contributed by atoms with E-state index in [1.807, 2.05) is 0 Å². The molecule has 0 aliphatic heterocycles. The molecule has 1 aromatic rings. The van der Waals surface area contributed by atoms with Gasteiger partial charge in [-0.05, 0) is 38.0 Å². The zero-order valence-electron chi connectivity index (χ0n) is 12.5. The monoisotopic (exact) mass is 312 g/mol. The van der Waals surface area contributed by atoms with Gasteiger partial charge < -0.3 is 15.7 Å². The van der Waals surface area contributed by atoms with E-state index in [1.54, 1.807) is 33.1 Å². The van der Waals surface area contributed by atoms with Crippen molar-refractivity contribution in [3.05, 3.63) is 28.8 Å². The van der Waals surface area contributed by atoms with Gasteiger partial charge in [0.15, 0.2) is 0 Å². The van der Waals surface area contributed by atoms with Crippen LogP contribution in [0.2, 0.25) is 0 Å². The van der Waals surface area contributed by atoms with Gasteiger partial charge in [-0.25, -0.2) is 9.59 Å². The van der Waals surface area contributed by atoms with E-state index in [1.165, 1.54) is 6.07 Å². The standard InChI is InChI=1S/C14H20N2O4S/c1-8-5-9(2)12(11(6-8)13(17)18)16-14(19)15-7-10(3)21(4)20/h5-6,10H,7H2,1-4H3,(H,17,18)(H2,15,16,19). The smallest absolute Gasteiger partial charge is 0.337 e. The Bertz CT molecular complexity index is 587. The van der Waals surface area contributed by atoms with Crippen molar-refractivity contribution >= 4 is 28.5 Å². The second-order valence-electron chi connectivity index (χ2n) is 4.95. The molecule has 21 heavy (non-hydrogen) atoms.